The summed E-state index contributed by atoms with van der Waals surface area (Å²) in [6.07, 6.45) is 3.16. The largest absolute Gasteiger partial charge is 0.496 e. The quantitative estimate of drug-likeness (QED) is 0.434. The van der Waals surface area contributed by atoms with Gasteiger partial charge in [0.1, 0.15) is 11.4 Å². The maximum atomic E-state index is 12.9. The fraction of sp³-hybridized carbons (Fsp3) is 0.333. The topological polar surface area (TPSA) is 108 Å². The predicted octanol–water partition coefficient (Wildman–Crippen LogP) is 3.60. The maximum absolute atomic E-state index is 12.9. The molecule has 0 aromatic heterocycles. The highest BCUT2D eigenvalue weighted by Gasteiger charge is 2.44. The first kappa shape index (κ1) is 20.3. The number of nitrogens with zero attached hydrogens (tertiary/aromatic N) is 1. The standard InChI is InChI=1S/C21H22N2O6/c1-28-16-9-10-17(18(13-16)23(26)27)22-19(24)14-29-20(25)21(11-5-6-12-21)15-7-3-2-4-8-15/h2-4,7-10,13H,5-6,11-12,14H2,1H3,(H,22,24). The summed E-state index contributed by atoms with van der Waals surface area (Å²) in [4.78, 5) is 35.7. The van der Waals surface area contributed by atoms with Gasteiger partial charge in [-0.05, 0) is 30.5 Å². The molecule has 1 aliphatic rings. The van der Waals surface area contributed by atoms with Gasteiger partial charge in [0.25, 0.3) is 11.6 Å². The third kappa shape index (κ3) is 4.37. The molecule has 8 heteroatoms. The van der Waals surface area contributed by atoms with E-state index in [-0.39, 0.29) is 11.4 Å². The molecule has 1 saturated carbocycles. The monoisotopic (exact) mass is 398 g/mol. The molecule has 0 radical (unpaired) electrons. The first-order valence-corrected chi connectivity index (χ1v) is 9.31. The molecule has 8 nitrogen and oxygen atoms in total. The Morgan fingerprint density at radius 1 is 1.14 bits per heavy atom. The van der Waals surface area contributed by atoms with Gasteiger partial charge in [-0.1, -0.05) is 43.2 Å². The summed E-state index contributed by atoms with van der Waals surface area (Å²) in [7, 11) is 1.39. The summed E-state index contributed by atoms with van der Waals surface area (Å²) in [5, 5.41) is 13.7. The van der Waals surface area contributed by atoms with E-state index in [0.29, 0.717) is 18.6 Å². The number of carbonyl (C=O) groups excluding carboxylic acids is 2. The molecule has 2 aromatic carbocycles. The average molecular weight is 398 g/mol. The summed E-state index contributed by atoms with van der Waals surface area (Å²) < 4.78 is 10.3. The van der Waals surface area contributed by atoms with Gasteiger partial charge in [0, 0.05) is 0 Å². The highest BCUT2D eigenvalue weighted by molar-refractivity contribution is 5.95. The number of benzene rings is 2. The van der Waals surface area contributed by atoms with Crippen molar-refractivity contribution in [1.29, 1.82) is 0 Å². The molecule has 3 rings (SSSR count). The second kappa shape index (κ2) is 8.72. The van der Waals surface area contributed by atoms with Crippen molar-refractivity contribution in [3.8, 4) is 5.75 Å². The minimum Gasteiger partial charge on any atom is -0.496 e. The van der Waals surface area contributed by atoms with Crippen LogP contribution in [0.4, 0.5) is 11.4 Å². The number of amides is 1. The molecular weight excluding hydrogens is 376 g/mol. The first-order valence-electron chi connectivity index (χ1n) is 9.31. The highest BCUT2D eigenvalue weighted by atomic mass is 16.6. The molecule has 1 amide bonds. The second-order valence-corrected chi connectivity index (χ2v) is 6.92. The van der Waals surface area contributed by atoms with E-state index in [0.717, 1.165) is 18.4 Å². The summed E-state index contributed by atoms with van der Waals surface area (Å²) >= 11 is 0. The molecule has 1 fully saturated rings. The molecule has 152 valence electrons. The van der Waals surface area contributed by atoms with Gasteiger partial charge in [-0.3, -0.25) is 19.7 Å². The zero-order valence-corrected chi connectivity index (χ0v) is 16.1. The smallest absolute Gasteiger partial charge is 0.317 e. The van der Waals surface area contributed by atoms with E-state index in [4.69, 9.17) is 9.47 Å². The van der Waals surface area contributed by atoms with Crippen LogP contribution in [0.1, 0.15) is 31.2 Å². The Balaban J connectivity index is 1.68. The Morgan fingerprint density at radius 2 is 1.83 bits per heavy atom. The van der Waals surface area contributed by atoms with Crippen LogP contribution in [0.2, 0.25) is 0 Å². The number of anilines is 1. The van der Waals surface area contributed by atoms with Gasteiger partial charge in [-0.15, -0.1) is 0 Å². The minimum atomic E-state index is -0.742. The van der Waals surface area contributed by atoms with Crippen LogP contribution in [0.15, 0.2) is 48.5 Å². The van der Waals surface area contributed by atoms with E-state index in [1.807, 2.05) is 30.3 Å². The van der Waals surface area contributed by atoms with Crippen molar-refractivity contribution in [2.75, 3.05) is 19.0 Å². The summed E-state index contributed by atoms with van der Waals surface area (Å²) in [6.45, 7) is -0.517. The van der Waals surface area contributed by atoms with Gasteiger partial charge in [-0.25, -0.2) is 0 Å². The Labute approximate surface area is 168 Å². The molecule has 0 unspecified atom stereocenters. The van der Waals surface area contributed by atoms with Crippen LogP contribution >= 0.6 is 0 Å². The molecule has 0 saturated heterocycles. The minimum absolute atomic E-state index is 0.00971. The van der Waals surface area contributed by atoms with Gasteiger partial charge < -0.3 is 14.8 Å². The van der Waals surface area contributed by atoms with Crippen molar-refractivity contribution in [1.82, 2.24) is 0 Å². The zero-order chi connectivity index (χ0) is 20.9. The normalized spacial score (nSPS) is 14.8. The molecule has 1 aliphatic carbocycles. The van der Waals surface area contributed by atoms with E-state index in [9.17, 15) is 19.7 Å². The number of carbonyl (C=O) groups is 2. The highest BCUT2D eigenvalue weighted by Crippen LogP contribution is 2.42. The van der Waals surface area contributed by atoms with Crippen molar-refractivity contribution in [3.05, 3.63) is 64.2 Å². The van der Waals surface area contributed by atoms with Crippen LogP contribution in [0.3, 0.4) is 0 Å². The second-order valence-electron chi connectivity index (χ2n) is 6.92. The van der Waals surface area contributed by atoms with Gasteiger partial charge in [-0.2, -0.15) is 0 Å². The molecule has 1 N–H and O–H groups in total. The lowest BCUT2D eigenvalue weighted by Gasteiger charge is -2.27. The number of rotatable bonds is 7. The zero-order valence-electron chi connectivity index (χ0n) is 16.1. The van der Waals surface area contributed by atoms with Gasteiger partial charge >= 0.3 is 5.97 Å². The third-order valence-corrected chi connectivity index (χ3v) is 5.18. The fourth-order valence-corrected chi connectivity index (χ4v) is 3.70. The van der Waals surface area contributed by atoms with Crippen molar-refractivity contribution in [3.63, 3.8) is 0 Å². The molecule has 0 atom stereocenters. The summed E-state index contributed by atoms with van der Waals surface area (Å²) in [6, 6.07) is 13.5. The van der Waals surface area contributed by atoms with Crippen molar-refractivity contribution < 1.29 is 24.0 Å². The number of nitrogens with one attached hydrogen (secondary N) is 1. The lowest BCUT2D eigenvalue weighted by Crippen LogP contribution is -2.36. The molecule has 0 spiro atoms. The van der Waals surface area contributed by atoms with E-state index in [1.165, 1.54) is 25.3 Å². The van der Waals surface area contributed by atoms with Crippen LogP contribution in [-0.2, 0) is 19.7 Å². The lowest BCUT2D eigenvalue weighted by atomic mass is 9.79. The molecular formula is C21H22N2O6. The Hall–Kier alpha value is -3.42. The predicted molar refractivity (Wildman–Crippen MR) is 106 cm³/mol. The lowest BCUT2D eigenvalue weighted by molar-refractivity contribution is -0.384. The maximum Gasteiger partial charge on any atom is 0.317 e. The van der Waals surface area contributed by atoms with Crippen molar-refractivity contribution in [2.24, 2.45) is 0 Å². The number of hydrogen-bond donors (Lipinski definition) is 1. The molecule has 0 aliphatic heterocycles. The number of nitro benzene ring substituents is 1. The van der Waals surface area contributed by atoms with E-state index < -0.39 is 28.8 Å². The van der Waals surface area contributed by atoms with Gasteiger partial charge in [0.15, 0.2) is 6.61 Å². The third-order valence-electron chi connectivity index (χ3n) is 5.18. The Bertz CT molecular complexity index is 907. The van der Waals surface area contributed by atoms with Crippen LogP contribution in [0.25, 0.3) is 0 Å². The molecule has 29 heavy (non-hydrogen) atoms. The average Bonchev–Trinajstić information content (AvgIpc) is 3.24. The number of nitro groups is 1. The summed E-state index contributed by atoms with van der Waals surface area (Å²) in [5.74, 6) is -0.791. The number of esters is 1. The SMILES string of the molecule is COc1ccc(NC(=O)COC(=O)C2(c3ccccc3)CCCC2)c([N+](=O)[O-])c1. The number of hydrogen-bond acceptors (Lipinski definition) is 6. The molecule has 0 bridgehead atoms. The van der Waals surface area contributed by atoms with E-state index in [1.54, 1.807) is 0 Å². The molecule has 2 aromatic rings. The van der Waals surface area contributed by atoms with Crippen LogP contribution in [-0.4, -0.2) is 30.5 Å². The van der Waals surface area contributed by atoms with Crippen molar-refractivity contribution in [2.45, 2.75) is 31.1 Å². The Kier molecular flexibility index (Phi) is 6.11. The fourth-order valence-electron chi connectivity index (χ4n) is 3.70. The number of ether oxygens (including phenoxy) is 2. The van der Waals surface area contributed by atoms with E-state index in [2.05, 4.69) is 5.32 Å². The molecule has 0 heterocycles. The van der Waals surface area contributed by atoms with Gasteiger partial charge in [0.05, 0.1) is 23.5 Å². The van der Waals surface area contributed by atoms with Crippen LogP contribution in [0.5, 0.6) is 5.75 Å². The van der Waals surface area contributed by atoms with Gasteiger partial charge in [0.2, 0.25) is 0 Å². The van der Waals surface area contributed by atoms with Crippen LogP contribution in [0, 0.1) is 10.1 Å². The van der Waals surface area contributed by atoms with Crippen LogP contribution < -0.4 is 10.1 Å². The van der Waals surface area contributed by atoms with E-state index >= 15 is 0 Å². The van der Waals surface area contributed by atoms with Crippen molar-refractivity contribution >= 4 is 23.3 Å². The number of methoxy groups -OCH3 is 1. The summed E-state index contributed by atoms with van der Waals surface area (Å²) in [5.41, 5.74) is -0.155. The Morgan fingerprint density at radius 3 is 2.45 bits per heavy atom. The first-order chi connectivity index (χ1) is 14.0.